The molecule has 0 N–H and O–H groups in total. The summed E-state index contributed by atoms with van der Waals surface area (Å²) in [5.41, 5.74) is 0. The van der Waals surface area contributed by atoms with Crippen LogP contribution in [0.5, 0.6) is 0 Å². The molecule has 1 aliphatic heterocycles. The zero-order chi connectivity index (χ0) is 14.8. The van der Waals surface area contributed by atoms with E-state index >= 15 is 0 Å². The Morgan fingerprint density at radius 1 is 1.40 bits per heavy atom. The van der Waals surface area contributed by atoms with Gasteiger partial charge in [0.25, 0.3) is 0 Å². The molecule has 20 heavy (non-hydrogen) atoms. The number of sulfone groups is 1. The molecule has 0 aromatic rings. The standard InChI is InChI=1S/C14H24N2O2S2/c1-3-20(17,18)14-10-19-7-6-16(14)13-8-11(2)4-5-12(13)9-15/h11-14H,3-8,10H2,1-2H3. The van der Waals surface area contributed by atoms with E-state index < -0.39 is 15.2 Å². The molecule has 0 amide bonds. The highest BCUT2D eigenvalue weighted by Crippen LogP contribution is 2.35. The molecule has 1 saturated heterocycles. The molecule has 2 aliphatic rings. The molecule has 2 rings (SSSR count). The number of nitriles is 1. The van der Waals surface area contributed by atoms with Gasteiger partial charge < -0.3 is 0 Å². The molecule has 6 heteroatoms. The molecule has 0 radical (unpaired) electrons. The molecule has 4 atom stereocenters. The zero-order valence-corrected chi connectivity index (χ0v) is 13.9. The number of hydrogen-bond acceptors (Lipinski definition) is 5. The Balaban J connectivity index is 2.24. The van der Waals surface area contributed by atoms with Gasteiger partial charge in [-0.3, -0.25) is 4.90 Å². The Labute approximate surface area is 126 Å². The van der Waals surface area contributed by atoms with Gasteiger partial charge in [0.05, 0.1) is 12.0 Å². The van der Waals surface area contributed by atoms with Gasteiger partial charge in [-0.2, -0.15) is 17.0 Å². The van der Waals surface area contributed by atoms with E-state index in [1.165, 1.54) is 0 Å². The van der Waals surface area contributed by atoms with Crippen LogP contribution in [-0.4, -0.2) is 48.5 Å². The summed E-state index contributed by atoms with van der Waals surface area (Å²) in [6.45, 7) is 4.73. The second-order valence-electron chi connectivity index (χ2n) is 5.94. The summed E-state index contributed by atoms with van der Waals surface area (Å²) in [6, 6.07) is 2.54. The molecular formula is C14H24N2O2S2. The lowest BCUT2D eigenvalue weighted by molar-refractivity contribution is 0.102. The van der Waals surface area contributed by atoms with E-state index in [4.69, 9.17) is 0 Å². The van der Waals surface area contributed by atoms with Crippen LogP contribution in [0.4, 0.5) is 0 Å². The summed E-state index contributed by atoms with van der Waals surface area (Å²) in [6.07, 6.45) is 2.95. The Bertz CT molecular complexity index is 472. The number of nitrogens with zero attached hydrogens (tertiary/aromatic N) is 2. The van der Waals surface area contributed by atoms with E-state index in [1.54, 1.807) is 18.7 Å². The Morgan fingerprint density at radius 2 is 2.15 bits per heavy atom. The second-order valence-corrected chi connectivity index (χ2v) is 9.54. The molecule has 0 aromatic heterocycles. The largest absolute Gasteiger partial charge is 0.281 e. The number of hydrogen-bond donors (Lipinski definition) is 0. The van der Waals surface area contributed by atoms with Gasteiger partial charge in [-0.1, -0.05) is 13.8 Å². The third kappa shape index (κ3) is 3.32. The van der Waals surface area contributed by atoms with Crippen LogP contribution >= 0.6 is 11.8 Å². The van der Waals surface area contributed by atoms with Crippen LogP contribution < -0.4 is 0 Å². The van der Waals surface area contributed by atoms with Crippen LogP contribution in [0.15, 0.2) is 0 Å². The fourth-order valence-electron chi connectivity index (χ4n) is 3.34. The topological polar surface area (TPSA) is 61.2 Å². The van der Waals surface area contributed by atoms with E-state index in [9.17, 15) is 13.7 Å². The SMILES string of the molecule is CCS(=O)(=O)C1CSCCN1C1CC(C)CCC1C#N. The predicted octanol–water partition coefficient (Wildman–Crippen LogP) is 2.12. The molecule has 1 heterocycles. The van der Waals surface area contributed by atoms with Crippen molar-refractivity contribution in [1.29, 1.82) is 5.26 Å². The summed E-state index contributed by atoms with van der Waals surface area (Å²) in [5.74, 6) is 2.39. The molecule has 0 bridgehead atoms. The van der Waals surface area contributed by atoms with Crippen LogP contribution in [0.3, 0.4) is 0 Å². The van der Waals surface area contributed by atoms with Gasteiger partial charge in [0.15, 0.2) is 9.84 Å². The van der Waals surface area contributed by atoms with Crippen molar-refractivity contribution < 1.29 is 8.42 Å². The quantitative estimate of drug-likeness (QED) is 0.798. The average Bonchev–Trinajstić information content (AvgIpc) is 2.47. The molecule has 0 spiro atoms. The maximum atomic E-state index is 12.3. The highest BCUT2D eigenvalue weighted by Gasteiger charge is 2.41. The maximum Gasteiger partial charge on any atom is 0.166 e. The van der Waals surface area contributed by atoms with Gasteiger partial charge in [0.1, 0.15) is 5.37 Å². The second kappa shape index (κ2) is 6.67. The molecule has 1 aliphatic carbocycles. The van der Waals surface area contributed by atoms with Crippen molar-refractivity contribution >= 4 is 21.6 Å². The Kier molecular flexibility index (Phi) is 5.38. The van der Waals surface area contributed by atoms with Crippen molar-refractivity contribution in [3.05, 3.63) is 0 Å². The predicted molar refractivity (Wildman–Crippen MR) is 83.2 cm³/mol. The Hall–Kier alpha value is -0.250. The molecule has 114 valence electrons. The average molecular weight is 316 g/mol. The first-order chi connectivity index (χ1) is 9.49. The van der Waals surface area contributed by atoms with Gasteiger partial charge in [0.2, 0.25) is 0 Å². The monoisotopic (exact) mass is 316 g/mol. The lowest BCUT2D eigenvalue weighted by Crippen LogP contribution is -2.55. The summed E-state index contributed by atoms with van der Waals surface area (Å²) < 4.78 is 24.7. The molecule has 4 unspecified atom stereocenters. The molecule has 1 saturated carbocycles. The normalized spacial score (nSPS) is 36.5. The van der Waals surface area contributed by atoms with Crippen molar-refractivity contribution in [2.24, 2.45) is 11.8 Å². The summed E-state index contributed by atoms with van der Waals surface area (Å²) in [4.78, 5) is 2.14. The van der Waals surface area contributed by atoms with Crippen LogP contribution in [-0.2, 0) is 9.84 Å². The third-order valence-corrected chi connectivity index (χ3v) is 7.92. The first kappa shape index (κ1) is 16.1. The van der Waals surface area contributed by atoms with Gasteiger partial charge >= 0.3 is 0 Å². The van der Waals surface area contributed by atoms with Gasteiger partial charge in [-0.05, 0) is 25.2 Å². The first-order valence-electron chi connectivity index (χ1n) is 7.44. The molecule has 4 nitrogen and oxygen atoms in total. The fourth-order valence-corrected chi connectivity index (χ4v) is 6.42. The van der Waals surface area contributed by atoms with Crippen LogP contribution in [0.25, 0.3) is 0 Å². The number of rotatable bonds is 3. The van der Waals surface area contributed by atoms with E-state index in [0.717, 1.165) is 31.6 Å². The van der Waals surface area contributed by atoms with E-state index in [0.29, 0.717) is 11.7 Å². The summed E-state index contributed by atoms with van der Waals surface area (Å²) in [7, 11) is -3.07. The van der Waals surface area contributed by atoms with E-state index in [-0.39, 0.29) is 17.7 Å². The van der Waals surface area contributed by atoms with E-state index in [2.05, 4.69) is 17.9 Å². The van der Waals surface area contributed by atoms with E-state index in [1.807, 2.05) is 0 Å². The zero-order valence-electron chi connectivity index (χ0n) is 12.3. The van der Waals surface area contributed by atoms with Crippen molar-refractivity contribution in [1.82, 2.24) is 4.90 Å². The highest BCUT2D eigenvalue weighted by molar-refractivity contribution is 8.01. The Morgan fingerprint density at radius 3 is 2.80 bits per heavy atom. The summed E-state index contributed by atoms with van der Waals surface area (Å²) >= 11 is 1.72. The smallest absolute Gasteiger partial charge is 0.166 e. The molecule has 0 aromatic carbocycles. The molecule has 2 fully saturated rings. The first-order valence-corrected chi connectivity index (χ1v) is 10.3. The maximum absolute atomic E-state index is 12.3. The van der Waals surface area contributed by atoms with Gasteiger partial charge in [-0.15, -0.1) is 0 Å². The fraction of sp³-hybridized carbons (Fsp3) is 0.929. The van der Waals surface area contributed by atoms with Crippen molar-refractivity contribution in [3.63, 3.8) is 0 Å². The summed E-state index contributed by atoms with van der Waals surface area (Å²) in [5, 5.41) is 9.00. The third-order valence-electron chi connectivity index (χ3n) is 4.61. The minimum atomic E-state index is -3.07. The van der Waals surface area contributed by atoms with Crippen molar-refractivity contribution in [2.45, 2.75) is 44.5 Å². The lowest BCUT2D eigenvalue weighted by atomic mass is 9.79. The van der Waals surface area contributed by atoms with Crippen molar-refractivity contribution in [3.8, 4) is 6.07 Å². The minimum absolute atomic E-state index is 0.0103. The van der Waals surface area contributed by atoms with Gasteiger partial charge in [-0.25, -0.2) is 8.42 Å². The van der Waals surface area contributed by atoms with Crippen LogP contribution in [0.2, 0.25) is 0 Å². The lowest BCUT2D eigenvalue weighted by Gasteiger charge is -2.45. The number of thioether (sulfide) groups is 1. The van der Waals surface area contributed by atoms with Crippen LogP contribution in [0, 0.1) is 23.2 Å². The minimum Gasteiger partial charge on any atom is -0.281 e. The molecular weight excluding hydrogens is 292 g/mol. The van der Waals surface area contributed by atoms with Gasteiger partial charge in [0, 0.05) is 29.8 Å². The highest BCUT2D eigenvalue weighted by atomic mass is 32.2. The van der Waals surface area contributed by atoms with Crippen molar-refractivity contribution in [2.75, 3.05) is 23.8 Å². The van der Waals surface area contributed by atoms with Crippen LogP contribution in [0.1, 0.15) is 33.1 Å².